The number of hydrogen-bond acceptors (Lipinski definition) is 2. The van der Waals surface area contributed by atoms with Gasteiger partial charge in [-0.25, -0.2) is 4.98 Å². The van der Waals surface area contributed by atoms with Crippen LogP contribution in [0.15, 0.2) is 28.5 Å². The predicted molar refractivity (Wildman–Crippen MR) is 76.5 cm³/mol. The van der Waals surface area contributed by atoms with E-state index >= 15 is 0 Å². The molecular weight excluding hydrogens is 292 g/mol. The number of amides is 1. The van der Waals surface area contributed by atoms with Crippen LogP contribution < -0.4 is 5.32 Å². The molecular formula is C14H17BrN2O. The fourth-order valence-corrected chi connectivity index (χ4v) is 2.32. The van der Waals surface area contributed by atoms with Gasteiger partial charge in [0.1, 0.15) is 4.60 Å². The summed E-state index contributed by atoms with van der Waals surface area (Å²) in [5.74, 6) is 0.0478. The number of pyridine rings is 1. The zero-order chi connectivity index (χ0) is 13.0. The molecule has 3 nitrogen and oxygen atoms in total. The molecule has 0 fully saturated rings. The molecule has 0 atom stereocenters. The maximum absolute atomic E-state index is 11.9. The summed E-state index contributed by atoms with van der Waals surface area (Å²) < 4.78 is 0.815. The van der Waals surface area contributed by atoms with Crippen molar-refractivity contribution in [1.82, 2.24) is 4.98 Å². The van der Waals surface area contributed by atoms with Gasteiger partial charge in [-0.05, 0) is 60.2 Å². The molecule has 0 aliphatic heterocycles. The summed E-state index contributed by atoms with van der Waals surface area (Å²) in [7, 11) is 0. The number of carbonyl (C=O) groups is 1. The molecule has 1 N–H and O–H groups in total. The Hall–Kier alpha value is -1.16. The zero-order valence-electron chi connectivity index (χ0n) is 10.5. The van der Waals surface area contributed by atoms with Gasteiger partial charge in [-0.3, -0.25) is 4.79 Å². The minimum absolute atomic E-state index is 0.0478. The third-order valence-corrected chi connectivity index (χ3v) is 3.90. The Morgan fingerprint density at radius 3 is 3.00 bits per heavy atom. The molecule has 1 aliphatic rings. The molecule has 1 aromatic heterocycles. The molecule has 0 unspecified atom stereocenters. The van der Waals surface area contributed by atoms with Gasteiger partial charge in [-0.15, -0.1) is 0 Å². The summed E-state index contributed by atoms with van der Waals surface area (Å²) in [6.45, 7) is 1.95. The summed E-state index contributed by atoms with van der Waals surface area (Å²) in [6, 6.07) is 1.92. The molecule has 0 spiro atoms. The van der Waals surface area contributed by atoms with Gasteiger partial charge in [0.2, 0.25) is 5.91 Å². The van der Waals surface area contributed by atoms with E-state index in [9.17, 15) is 4.79 Å². The normalized spacial score (nSPS) is 15.1. The van der Waals surface area contributed by atoms with Gasteiger partial charge in [0, 0.05) is 6.42 Å². The van der Waals surface area contributed by atoms with E-state index in [-0.39, 0.29) is 5.91 Å². The van der Waals surface area contributed by atoms with E-state index in [1.165, 1.54) is 18.4 Å². The first kappa shape index (κ1) is 13.3. The Kier molecular flexibility index (Phi) is 4.53. The van der Waals surface area contributed by atoms with Crippen LogP contribution in [0.1, 0.15) is 37.7 Å². The second-order valence-electron chi connectivity index (χ2n) is 4.66. The molecule has 1 aromatic rings. The van der Waals surface area contributed by atoms with Gasteiger partial charge in [-0.1, -0.05) is 11.6 Å². The average Bonchev–Trinajstić information content (AvgIpc) is 2.35. The number of nitrogens with zero attached hydrogens (tertiary/aromatic N) is 1. The number of nitrogens with one attached hydrogen (secondary N) is 1. The van der Waals surface area contributed by atoms with E-state index in [0.717, 1.165) is 28.7 Å². The van der Waals surface area contributed by atoms with Crippen molar-refractivity contribution < 1.29 is 4.79 Å². The highest BCUT2D eigenvalue weighted by Gasteiger charge is 2.09. The third-order valence-electron chi connectivity index (χ3n) is 3.07. The standard InChI is InChI=1S/C14H17BrN2O/c1-10-7-12(9-16-14(10)15)17-13(18)8-11-5-3-2-4-6-11/h5,7,9H,2-4,6,8H2,1H3,(H,17,18). The van der Waals surface area contributed by atoms with Crippen LogP contribution in [0.3, 0.4) is 0 Å². The zero-order valence-corrected chi connectivity index (χ0v) is 12.1. The topological polar surface area (TPSA) is 42.0 Å². The summed E-state index contributed by atoms with van der Waals surface area (Å²) in [5, 5.41) is 2.89. The van der Waals surface area contributed by atoms with Crippen molar-refractivity contribution in [1.29, 1.82) is 0 Å². The Bertz CT molecular complexity index is 483. The second-order valence-corrected chi connectivity index (χ2v) is 5.42. The van der Waals surface area contributed by atoms with Gasteiger partial charge in [0.25, 0.3) is 0 Å². The van der Waals surface area contributed by atoms with Crippen LogP contribution in [-0.4, -0.2) is 10.9 Å². The van der Waals surface area contributed by atoms with Crippen LogP contribution in [0.5, 0.6) is 0 Å². The first-order valence-electron chi connectivity index (χ1n) is 6.25. The van der Waals surface area contributed by atoms with Crippen LogP contribution in [-0.2, 0) is 4.79 Å². The first-order valence-corrected chi connectivity index (χ1v) is 7.04. The Labute approximate surface area is 116 Å². The number of aromatic nitrogens is 1. The molecule has 1 amide bonds. The number of anilines is 1. The predicted octanol–water partition coefficient (Wildman–Crippen LogP) is 3.98. The maximum Gasteiger partial charge on any atom is 0.228 e. The fraction of sp³-hybridized carbons (Fsp3) is 0.429. The molecule has 4 heteroatoms. The van der Waals surface area contributed by atoms with E-state index in [1.54, 1.807) is 6.20 Å². The first-order chi connectivity index (χ1) is 8.65. The van der Waals surface area contributed by atoms with Crippen LogP contribution in [0.4, 0.5) is 5.69 Å². The lowest BCUT2D eigenvalue weighted by molar-refractivity contribution is -0.115. The quantitative estimate of drug-likeness (QED) is 0.678. The van der Waals surface area contributed by atoms with Gasteiger partial charge in [0.15, 0.2) is 0 Å². The van der Waals surface area contributed by atoms with E-state index in [2.05, 4.69) is 32.3 Å². The van der Waals surface area contributed by atoms with Crippen molar-refractivity contribution in [3.05, 3.63) is 34.1 Å². The number of rotatable bonds is 3. The molecule has 0 saturated heterocycles. The Morgan fingerprint density at radius 1 is 1.50 bits per heavy atom. The van der Waals surface area contributed by atoms with Crippen molar-refractivity contribution in [2.24, 2.45) is 0 Å². The number of aryl methyl sites for hydroxylation is 1. The van der Waals surface area contributed by atoms with Crippen LogP contribution in [0.2, 0.25) is 0 Å². The number of halogens is 1. The number of carbonyl (C=O) groups excluding carboxylic acids is 1. The molecule has 0 radical (unpaired) electrons. The third kappa shape index (κ3) is 3.67. The van der Waals surface area contributed by atoms with Crippen LogP contribution in [0, 0.1) is 6.92 Å². The molecule has 18 heavy (non-hydrogen) atoms. The lowest BCUT2D eigenvalue weighted by atomic mass is 9.97. The van der Waals surface area contributed by atoms with E-state index in [1.807, 2.05) is 13.0 Å². The SMILES string of the molecule is Cc1cc(NC(=O)CC2=CCCCC2)cnc1Br. The molecule has 0 saturated carbocycles. The van der Waals surface area contributed by atoms with Gasteiger partial charge < -0.3 is 5.32 Å². The summed E-state index contributed by atoms with van der Waals surface area (Å²) in [6.07, 6.45) is 9.01. The lowest BCUT2D eigenvalue weighted by Crippen LogP contribution is -2.13. The number of allylic oxidation sites excluding steroid dienone is 1. The minimum atomic E-state index is 0.0478. The monoisotopic (exact) mass is 308 g/mol. The molecule has 0 bridgehead atoms. The summed E-state index contributed by atoms with van der Waals surface area (Å²) in [5.41, 5.74) is 3.04. The second kappa shape index (κ2) is 6.14. The number of hydrogen-bond donors (Lipinski definition) is 1. The highest BCUT2D eigenvalue weighted by molar-refractivity contribution is 9.10. The molecule has 2 rings (SSSR count). The van der Waals surface area contributed by atoms with Crippen molar-refractivity contribution in [2.75, 3.05) is 5.32 Å². The van der Waals surface area contributed by atoms with Gasteiger partial charge in [-0.2, -0.15) is 0 Å². The van der Waals surface area contributed by atoms with Crippen LogP contribution in [0.25, 0.3) is 0 Å². The minimum Gasteiger partial charge on any atom is -0.324 e. The molecule has 1 heterocycles. The summed E-state index contributed by atoms with van der Waals surface area (Å²) in [4.78, 5) is 16.1. The molecule has 1 aliphatic carbocycles. The Balaban J connectivity index is 1.94. The van der Waals surface area contributed by atoms with Crippen molar-refractivity contribution in [3.63, 3.8) is 0 Å². The van der Waals surface area contributed by atoms with Gasteiger partial charge in [0.05, 0.1) is 11.9 Å². The van der Waals surface area contributed by atoms with Crippen molar-refractivity contribution >= 4 is 27.5 Å². The van der Waals surface area contributed by atoms with E-state index < -0.39 is 0 Å². The van der Waals surface area contributed by atoms with E-state index in [4.69, 9.17) is 0 Å². The largest absolute Gasteiger partial charge is 0.324 e. The highest BCUT2D eigenvalue weighted by Crippen LogP contribution is 2.21. The molecule has 96 valence electrons. The average molecular weight is 309 g/mol. The Morgan fingerprint density at radius 2 is 2.33 bits per heavy atom. The van der Waals surface area contributed by atoms with E-state index in [0.29, 0.717) is 6.42 Å². The fourth-order valence-electron chi connectivity index (χ4n) is 2.10. The lowest BCUT2D eigenvalue weighted by Gasteiger charge is -2.12. The summed E-state index contributed by atoms with van der Waals surface area (Å²) >= 11 is 3.34. The highest BCUT2D eigenvalue weighted by atomic mass is 79.9. The van der Waals surface area contributed by atoms with Crippen molar-refractivity contribution in [3.8, 4) is 0 Å². The smallest absolute Gasteiger partial charge is 0.228 e. The van der Waals surface area contributed by atoms with Gasteiger partial charge >= 0.3 is 0 Å². The van der Waals surface area contributed by atoms with Crippen LogP contribution >= 0.6 is 15.9 Å². The van der Waals surface area contributed by atoms with Crippen molar-refractivity contribution in [2.45, 2.75) is 39.0 Å². The molecule has 0 aromatic carbocycles. The maximum atomic E-state index is 11.9.